The van der Waals surface area contributed by atoms with Crippen LogP contribution in [0.4, 0.5) is 4.79 Å². The Balaban J connectivity index is 1.54. The first kappa shape index (κ1) is 24.4. The lowest BCUT2D eigenvalue weighted by atomic mass is 9.87. The quantitative estimate of drug-likeness (QED) is 0.595. The predicted octanol–water partition coefficient (Wildman–Crippen LogP) is 2.17. The highest BCUT2D eigenvalue weighted by molar-refractivity contribution is 7.89. The molecule has 33 heavy (non-hydrogen) atoms. The molecule has 1 aliphatic rings. The fourth-order valence-electron chi connectivity index (χ4n) is 3.15. The van der Waals surface area contributed by atoms with Gasteiger partial charge in [0, 0.05) is 19.6 Å². The van der Waals surface area contributed by atoms with Gasteiger partial charge >= 0.3 is 12.0 Å². The first-order valence-corrected chi connectivity index (χ1v) is 11.9. The molecule has 3 rings (SSSR count). The molecule has 0 atom stereocenters. The Hall–Kier alpha value is -3.24. The van der Waals surface area contributed by atoms with Crippen LogP contribution in [0.5, 0.6) is 0 Å². The zero-order valence-electron chi connectivity index (χ0n) is 18.8. The van der Waals surface area contributed by atoms with Gasteiger partial charge in [0.05, 0.1) is 10.5 Å². The summed E-state index contributed by atoms with van der Waals surface area (Å²) < 4.78 is 32.7. The smallest absolute Gasteiger partial charge is 0.338 e. The van der Waals surface area contributed by atoms with Gasteiger partial charge in [-0.1, -0.05) is 45.0 Å². The third kappa shape index (κ3) is 6.17. The van der Waals surface area contributed by atoms with Crippen molar-refractivity contribution in [2.45, 2.75) is 37.6 Å². The normalized spacial score (nSPS) is 14.2. The standard InChI is InChI=1S/C23H27N3O6S/c1-23(2,3)18-8-10-19(11-9-18)33(30,31)25-14-16-4-6-17(7-5-16)21(28)32-15-20(27)26-13-12-24-22(26)29/h4-11,25H,12-15H2,1-3H3,(H,24,29). The monoisotopic (exact) mass is 473 g/mol. The van der Waals surface area contributed by atoms with E-state index in [0.29, 0.717) is 12.1 Å². The number of sulfonamides is 1. The molecule has 1 fully saturated rings. The molecule has 0 aliphatic carbocycles. The summed E-state index contributed by atoms with van der Waals surface area (Å²) in [5, 5.41) is 2.49. The van der Waals surface area contributed by atoms with Gasteiger partial charge in [0.2, 0.25) is 10.0 Å². The Morgan fingerprint density at radius 1 is 1.06 bits per heavy atom. The maximum absolute atomic E-state index is 12.6. The largest absolute Gasteiger partial charge is 0.452 e. The molecule has 0 aromatic heterocycles. The molecule has 1 aliphatic heterocycles. The lowest BCUT2D eigenvalue weighted by molar-refractivity contribution is -0.130. The second kappa shape index (κ2) is 9.72. The number of carbonyl (C=O) groups excluding carboxylic acids is 3. The zero-order valence-corrected chi connectivity index (χ0v) is 19.6. The van der Waals surface area contributed by atoms with E-state index < -0.39 is 34.5 Å². The molecule has 3 amide bonds. The van der Waals surface area contributed by atoms with Crippen LogP contribution in [-0.2, 0) is 31.5 Å². The molecule has 0 bridgehead atoms. The van der Waals surface area contributed by atoms with E-state index in [4.69, 9.17) is 4.74 Å². The van der Waals surface area contributed by atoms with Crippen molar-refractivity contribution >= 4 is 27.9 Å². The zero-order chi connectivity index (χ0) is 24.2. The van der Waals surface area contributed by atoms with Crippen LogP contribution in [0.1, 0.15) is 42.3 Å². The van der Waals surface area contributed by atoms with Gasteiger partial charge in [-0.3, -0.25) is 9.69 Å². The van der Waals surface area contributed by atoms with Crippen LogP contribution < -0.4 is 10.0 Å². The summed E-state index contributed by atoms with van der Waals surface area (Å²) in [5.41, 5.74) is 1.81. The molecule has 9 nitrogen and oxygen atoms in total. The van der Waals surface area contributed by atoms with Crippen molar-refractivity contribution in [1.29, 1.82) is 0 Å². The van der Waals surface area contributed by atoms with Crippen LogP contribution >= 0.6 is 0 Å². The molecule has 1 heterocycles. The Bertz CT molecular complexity index is 1140. The Kier molecular flexibility index (Phi) is 7.19. The van der Waals surface area contributed by atoms with Crippen molar-refractivity contribution in [3.05, 3.63) is 65.2 Å². The van der Waals surface area contributed by atoms with Crippen molar-refractivity contribution in [2.75, 3.05) is 19.7 Å². The number of amides is 3. The van der Waals surface area contributed by atoms with Crippen LogP contribution in [-0.4, -0.2) is 50.9 Å². The van der Waals surface area contributed by atoms with Gasteiger partial charge in [0.25, 0.3) is 5.91 Å². The van der Waals surface area contributed by atoms with Gasteiger partial charge in [0.15, 0.2) is 6.61 Å². The van der Waals surface area contributed by atoms with E-state index in [2.05, 4.69) is 30.8 Å². The molecule has 1 saturated heterocycles. The van der Waals surface area contributed by atoms with Crippen LogP contribution in [0, 0.1) is 0 Å². The van der Waals surface area contributed by atoms with Gasteiger partial charge in [-0.05, 0) is 40.8 Å². The highest BCUT2D eigenvalue weighted by Crippen LogP contribution is 2.23. The molecule has 0 spiro atoms. The summed E-state index contributed by atoms with van der Waals surface area (Å²) in [6.07, 6.45) is 0. The van der Waals surface area contributed by atoms with Gasteiger partial charge < -0.3 is 10.1 Å². The summed E-state index contributed by atoms with van der Waals surface area (Å²) in [5.74, 6) is -1.31. The minimum atomic E-state index is -3.69. The number of imide groups is 1. The summed E-state index contributed by atoms with van der Waals surface area (Å²) in [6.45, 7) is 6.27. The van der Waals surface area contributed by atoms with Gasteiger partial charge in [-0.2, -0.15) is 0 Å². The predicted molar refractivity (Wildman–Crippen MR) is 121 cm³/mol. The number of benzene rings is 2. The lowest BCUT2D eigenvalue weighted by Crippen LogP contribution is -2.37. The molecule has 176 valence electrons. The first-order chi connectivity index (χ1) is 15.5. The third-order valence-electron chi connectivity index (χ3n) is 5.17. The van der Waals surface area contributed by atoms with Crippen molar-refractivity contribution in [3.63, 3.8) is 0 Å². The van der Waals surface area contributed by atoms with E-state index in [-0.39, 0.29) is 29.0 Å². The van der Waals surface area contributed by atoms with E-state index in [1.807, 2.05) is 0 Å². The van der Waals surface area contributed by atoms with E-state index in [9.17, 15) is 22.8 Å². The van der Waals surface area contributed by atoms with E-state index in [0.717, 1.165) is 10.5 Å². The van der Waals surface area contributed by atoms with Crippen molar-refractivity contribution in [2.24, 2.45) is 0 Å². The number of hydrogen-bond acceptors (Lipinski definition) is 6. The molecular weight excluding hydrogens is 446 g/mol. The molecule has 2 aromatic carbocycles. The number of urea groups is 1. The fourth-order valence-corrected chi connectivity index (χ4v) is 4.17. The molecular formula is C23H27N3O6S. The topological polar surface area (TPSA) is 122 Å². The molecule has 0 radical (unpaired) electrons. The average molecular weight is 474 g/mol. The number of carbonyl (C=O) groups is 3. The average Bonchev–Trinajstić information content (AvgIpc) is 3.21. The van der Waals surface area contributed by atoms with Crippen LogP contribution in [0.3, 0.4) is 0 Å². The van der Waals surface area contributed by atoms with Crippen LogP contribution in [0.2, 0.25) is 0 Å². The van der Waals surface area contributed by atoms with Gasteiger partial charge in [-0.25, -0.2) is 22.7 Å². The summed E-state index contributed by atoms with van der Waals surface area (Å²) in [4.78, 5) is 36.7. The number of nitrogens with one attached hydrogen (secondary N) is 2. The SMILES string of the molecule is CC(C)(C)c1ccc(S(=O)(=O)NCc2ccc(C(=O)OCC(=O)N3CCNC3=O)cc2)cc1. The minimum Gasteiger partial charge on any atom is -0.452 e. The van der Waals surface area contributed by atoms with Gasteiger partial charge in [-0.15, -0.1) is 0 Å². The number of esters is 1. The van der Waals surface area contributed by atoms with Crippen molar-refractivity contribution < 1.29 is 27.5 Å². The summed E-state index contributed by atoms with van der Waals surface area (Å²) in [6, 6.07) is 12.4. The molecule has 2 aromatic rings. The molecule has 10 heteroatoms. The van der Waals surface area contributed by atoms with E-state index >= 15 is 0 Å². The fraction of sp³-hybridized carbons (Fsp3) is 0.348. The highest BCUT2D eigenvalue weighted by atomic mass is 32.2. The third-order valence-corrected chi connectivity index (χ3v) is 6.59. The Morgan fingerprint density at radius 3 is 2.24 bits per heavy atom. The minimum absolute atomic E-state index is 0.0429. The number of rotatable bonds is 7. The first-order valence-electron chi connectivity index (χ1n) is 10.4. The van der Waals surface area contributed by atoms with E-state index in [1.165, 1.54) is 12.1 Å². The van der Waals surface area contributed by atoms with Gasteiger partial charge in [0.1, 0.15) is 0 Å². The molecule has 0 saturated carbocycles. The molecule has 0 unspecified atom stereocenters. The highest BCUT2D eigenvalue weighted by Gasteiger charge is 2.27. The van der Waals surface area contributed by atoms with Crippen LogP contribution in [0.25, 0.3) is 0 Å². The summed E-state index contributed by atoms with van der Waals surface area (Å²) >= 11 is 0. The number of ether oxygens (including phenoxy) is 1. The Morgan fingerprint density at radius 2 is 1.70 bits per heavy atom. The summed E-state index contributed by atoms with van der Waals surface area (Å²) in [7, 11) is -3.69. The second-order valence-electron chi connectivity index (χ2n) is 8.65. The van der Waals surface area contributed by atoms with Crippen molar-refractivity contribution in [3.8, 4) is 0 Å². The maximum atomic E-state index is 12.6. The maximum Gasteiger partial charge on any atom is 0.338 e. The molecule has 2 N–H and O–H groups in total. The van der Waals surface area contributed by atoms with Crippen molar-refractivity contribution in [1.82, 2.24) is 14.9 Å². The lowest BCUT2D eigenvalue weighted by Gasteiger charge is -2.19. The Labute approximate surface area is 193 Å². The second-order valence-corrected chi connectivity index (χ2v) is 10.4. The van der Waals surface area contributed by atoms with Crippen LogP contribution in [0.15, 0.2) is 53.4 Å². The van der Waals surface area contributed by atoms with E-state index in [1.54, 1.807) is 36.4 Å². The number of nitrogens with zero attached hydrogens (tertiary/aromatic N) is 1. The number of hydrogen-bond donors (Lipinski definition) is 2.